The highest BCUT2D eigenvalue weighted by Gasteiger charge is 2.77. The minimum Gasteiger partial charge on any atom is -0.500 e. The molecule has 1 aromatic rings. The number of phenolic OH excluding ortho intramolecular Hbond substituents is 1. The largest absolute Gasteiger partial charge is 0.500 e. The summed E-state index contributed by atoms with van der Waals surface area (Å²) in [4.78, 5) is 20.9. The summed E-state index contributed by atoms with van der Waals surface area (Å²) >= 11 is 0. The van der Waals surface area contributed by atoms with Crippen LogP contribution < -0.4 is 4.74 Å². The van der Waals surface area contributed by atoms with Crippen molar-refractivity contribution in [2.24, 2.45) is 0 Å². The molecule has 0 aromatic heterocycles. The van der Waals surface area contributed by atoms with Crippen LogP contribution in [0.25, 0.3) is 0 Å². The van der Waals surface area contributed by atoms with Crippen molar-refractivity contribution < 1.29 is 33.4 Å². The van der Waals surface area contributed by atoms with Gasteiger partial charge in [-0.3, -0.25) is 14.9 Å². The zero-order valence-corrected chi connectivity index (χ0v) is 10.1. The van der Waals surface area contributed by atoms with Crippen molar-refractivity contribution in [1.29, 1.82) is 0 Å². The first kappa shape index (κ1) is 14.0. The highest BCUT2D eigenvalue weighted by atomic mass is 19.3. The lowest BCUT2D eigenvalue weighted by Gasteiger charge is -2.13. The Morgan fingerprint density at radius 2 is 2.05 bits per heavy atom. The summed E-state index contributed by atoms with van der Waals surface area (Å²) in [6.45, 7) is 0. The van der Waals surface area contributed by atoms with Crippen molar-refractivity contribution in [1.82, 2.24) is 0 Å². The molecule has 1 atom stereocenters. The second kappa shape index (κ2) is 4.02. The van der Waals surface area contributed by atoms with Crippen LogP contribution in [-0.4, -0.2) is 34.1 Å². The van der Waals surface area contributed by atoms with E-state index in [1.54, 1.807) is 0 Å². The van der Waals surface area contributed by atoms with Gasteiger partial charge in [0, 0.05) is 12.5 Å². The van der Waals surface area contributed by atoms with Gasteiger partial charge in [0.2, 0.25) is 5.75 Å². The lowest BCUT2D eigenvalue weighted by Crippen LogP contribution is -2.27. The van der Waals surface area contributed by atoms with Gasteiger partial charge in [0.25, 0.3) is 5.92 Å². The summed E-state index contributed by atoms with van der Waals surface area (Å²) in [6.07, 6.45) is -0.958. The van der Waals surface area contributed by atoms with E-state index in [9.17, 15) is 28.8 Å². The maximum Gasteiger partial charge on any atom is 0.320 e. The van der Waals surface area contributed by atoms with E-state index in [2.05, 4.69) is 4.74 Å². The van der Waals surface area contributed by atoms with E-state index >= 15 is 0 Å². The second-order valence-corrected chi connectivity index (χ2v) is 4.40. The number of ether oxygens (including phenoxy) is 1. The van der Waals surface area contributed by atoms with Crippen LogP contribution in [0.2, 0.25) is 0 Å². The third-order valence-corrected chi connectivity index (χ3v) is 3.32. The van der Waals surface area contributed by atoms with Crippen LogP contribution in [0, 0.1) is 10.1 Å². The number of carboxylic acid groups (broad SMARTS) is 1. The Hall–Kier alpha value is -2.45. The number of carboxylic acids is 1. The first-order valence-corrected chi connectivity index (χ1v) is 5.34. The summed E-state index contributed by atoms with van der Waals surface area (Å²) in [5, 5.41) is 29.3. The number of phenols is 1. The molecule has 0 spiro atoms. The highest BCUT2D eigenvalue weighted by Crippen LogP contribution is 2.63. The summed E-state index contributed by atoms with van der Waals surface area (Å²) < 4.78 is 31.5. The molecule has 1 aromatic carbocycles. The normalized spacial score (nSPS) is 23.1. The van der Waals surface area contributed by atoms with Gasteiger partial charge in [-0.1, -0.05) is 0 Å². The quantitative estimate of drug-likeness (QED) is 0.644. The number of aromatic hydroxyl groups is 1. The van der Waals surface area contributed by atoms with E-state index in [0.717, 1.165) is 13.2 Å². The number of methoxy groups -OCH3 is 1. The zero-order chi connectivity index (χ0) is 15.3. The molecule has 0 radical (unpaired) electrons. The Kier molecular flexibility index (Phi) is 2.81. The number of hydrogen-bond acceptors (Lipinski definition) is 5. The van der Waals surface area contributed by atoms with Crippen LogP contribution in [-0.2, 0) is 10.2 Å². The standard InChI is InChI=1S/C11H9F2NO6/c1-20-7-3-5(2-6(8(7)15)14(18)19)10(9(16)17)4-11(10,12)13/h2-3,15H,4H2,1H3,(H,16,17). The molecule has 1 unspecified atom stereocenters. The number of benzene rings is 1. The van der Waals surface area contributed by atoms with Crippen LogP contribution in [0.15, 0.2) is 12.1 Å². The summed E-state index contributed by atoms with van der Waals surface area (Å²) in [5.41, 5.74) is -3.88. The van der Waals surface area contributed by atoms with Gasteiger partial charge in [-0.15, -0.1) is 0 Å². The number of rotatable bonds is 4. The van der Waals surface area contributed by atoms with Gasteiger partial charge < -0.3 is 14.9 Å². The Morgan fingerprint density at radius 1 is 1.50 bits per heavy atom. The van der Waals surface area contributed by atoms with Gasteiger partial charge in [0.05, 0.1) is 12.0 Å². The Balaban J connectivity index is 2.67. The molecule has 108 valence electrons. The van der Waals surface area contributed by atoms with Crippen LogP contribution >= 0.6 is 0 Å². The fraction of sp³-hybridized carbons (Fsp3) is 0.364. The van der Waals surface area contributed by atoms with Crippen molar-refractivity contribution in [2.45, 2.75) is 17.8 Å². The molecule has 1 aliphatic rings. The first-order chi connectivity index (χ1) is 9.17. The average Bonchev–Trinajstić information content (AvgIpc) is 2.94. The molecule has 0 aliphatic heterocycles. The molecule has 1 fully saturated rings. The number of hydrogen-bond donors (Lipinski definition) is 2. The second-order valence-electron chi connectivity index (χ2n) is 4.40. The van der Waals surface area contributed by atoms with E-state index in [1.807, 2.05) is 0 Å². The highest BCUT2D eigenvalue weighted by molar-refractivity contribution is 5.88. The molecular weight excluding hydrogens is 280 g/mol. The van der Waals surface area contributed by atoms with Crippen molar-refractivity contribution in [2.75, 3.05) is 7.11 Å². The van der Waals surface area contributed by atoms with E-state index in [1.165, 1.54) is 0 Å². The Bertz CT molecular complexity index is 617. The monoisotopic (exact) mass is 289 g/mol. The van der Waals surface area contributed by atoms with Crippen LogP contribution in [0.1, 0.15) is 12.0 Å². The third kappa shape index (κ3) is 1.66. The number of halogens is 2. The minimum absolute atomic E-state index is 0.433. The van der Waals surface area contributed by atoms with E-state index in [0.29, 0.717) is 6.07 Å². The van der Waals surface area contributed by atoms with Gasteiger partial charge in [-0.2, -0.15) is 0 Å². The summed E-state index contributed by atoms with van der Waals surface area (Å²) in [5.74, 6) is -6.57. The average molecular weight is 289 g/mol. The van der Waals surface area contributed by atoms with Crippen LogP contribution in [0.4, 0.5) is 14.5 Å². The van der Waals surface area contributed by atoms with Gasteiger partial charge in [0.15, 0.2) is 11.2 Å². The van der Waals surface area contributed by atoms with Crippen molar-refractivity contribution >= 4 is 11.7 Å². The summed E-state index contributed by atoms with van der Waals surface area (Å²) in [6, 6.07) is 1.50. The molecule has 7 nitrogen and oxygen atoms in total. The number of nitro benzene ring substituents is 1. The third-order valence-electron chi connectivity index (χ3n) is 3.32. The van der Waals surface area contributed by atoms with Crippen LogP contribution in [0.5, 0.6) is 11.5 Å². The molecule has 9 heteroatoms. The molecule has 0 saturated heterocycles. The van der Waals surface area contributed by atoms with Crippen LogP contribution in [0.3, 0.4) is 0 Å². The molecule has 20 heavy (non-hydrogen) atoms. The smallest absolute Gasteiger partial charge is 0.320 e. The number of nitro groups is 1. The van der Waals surface area contributed by atoms with Crippen molar-refractivity contribution in [3.63, 3.8) is 0 Å². The minimum atomic E-state index is -3.51. The molecule has 1 saturated carbocycles. The first-order valence-electron chi connectivity index (χ1n) is 5.34. The number of alkyl halides is 2. The SMILES string of the molecule is COc1cc(C2(C(=O)O)CC2(F)F)cc([N+](=O)[O-])c1O. The van der Waals surface area contributed by atoms with Crippen molar-refractivity contribution in [3.8, 4) is 11.5 Å². The fourth-order valence-electron chi connectivity index (χ4n) is 2.09. The lowest BCUT2D eigenvalue weighted by molar-refractivity contribution is -0.386. The maximum absolute atomic E-state index is 13.4. The Morgan fingerprint density at radius 3 is 2.40 bits per heavy atom. The van der Waals surface area contributed by atoms with Gasteiger partial charge in [-0.05, 0) is 11.6 Å². The number of nitrogens with zero attached hydrogens (tertiary/aromatic N) is 1. The van der Waals surface area contributed by atoms with E-state index in [4.69, 9.17) is 5.11 Å². The Labute approximate surface area is 110 Å². The predicted molar refractivity (Wildman–Crippen MR) is 60.2 cm³/mol. The summed E-state index contributed by atoms with van der Waals surface area (Å²) in [7, 11) is 1.07. The van der Waals surface area contributed by atoms with E-state index < -0.39 is 51.4 Å². The van der Waals surface area contributed by atoms with Crippen molar-refractivity contribution in [3.05, 3.63) is 27.8 Å². The molecule has 0 heterocycles. The topological polar surface area (TPSA) is 110 Å². The lowest BCUT2D eigenvalue weighted by atomic mass is 9.94. The molecule has 2 N–H and O–H groups in total. The van der Waals surface area contributed by atoms with Gasteiger partial charge in [0.1, 0.15) is 0 Å². The number of carbonyl (C=O) groups is 1. The molecule has 1 aliphatic carbocycles. The molecule has 2 rings (SSSR count). The van der Waals surface area contributed by atoms with E-state index in [-0.39, 0.29) is 0 Å². The van der Waals surface area contributed by atoms with Gasteiger partial charge in [-0.25, -0.2) is 8.78 Å². The zero-order valence-electron chi connectivity index (χ0n) is 10.1. The molecule has 0 amide bonds. The maximum atomic E-state index is 13.4. The number of aliphatic carboxylic acids is 1. The van der Waals surface area contributed by atoms with Gasteiger partial charge >= 0.3 is 11.7 Å². The predicted octanol–water partition coefficient (Wildman–Crippen LogP) is 1.67. The fourth-order valence-corrected chi connectivity index (χ4v) is 2.09. The molecule has 0 bridgehead atoms. The molecular formula is C11H9F2NO6.